The average molecular weight is 152 g/mol. The van der Waals surface area contributed by atoms with Crippen molar-refractivity contribution in [2.24, 2.45) is 0 Å². The Morgan fingerprint density at radius 2 is 1.45 bits per heavy atom. The van der Waals surface area contributed by atoms with E-state index in [0.717, 1.165) is 0 Å². The molecule has 0 heterocycles. The fourth-order valence-corrected chi connectivity index (χ4v) is 0.438. The third-order valence-electron chi connectivity index (χ3n) is 0.859. The molecule has 0 aromatic heterocycles. The van der Waals surface area contributed by atoms with E-state index < -0.39 is 0 Å². The third kappa shape index (κ3) is 8.88. The molecular weight excluding hydrogens is 140 g/mol. The number of rotatable bonds is 2. The smallest absolute Gasteiger partial charge is 0.0998 e. The highest BCUT2D eigenvalue weighted by atomic mass is 17.1. The van der Waals surface area contributed by atoms with Gasteiger partial charge in [0, 0.05) is 0 Å². The Balaban J connectivity index is 0.000000187. The molecule has 1 rings (SSSR count). The van der Waals surface area contributed by atoms with E-state index in [1.54, 1.807) is 0 Å². The van der Waals surface area contributed by atoms with Crippen molar-refractivity contribution in [3.63, 3.8) is 0 Å². The SMILES string of the molecule is C=CCOO.c1ccccc1. The Hall–Kier alpha value is -1.12. The number of hydrogen-bond acceptors (Lipinski definition) is 2. The van der Waals surface area contributed by atoms with Crippen LogP contribution in [-0.2, 0) is 4.89 Å². The lowest BCUT2D eigenvalue weighted by molar-refractivity contribution is -0.231. The van der Waals surface area contributed by atoms with Crippen LogP contribution in [0.15, 0.2) is 49.1 Å². The van der Waals surface area contributed by atoms with Crippen molar-refractivity contribution < 1.29 is 10.1 Å². The molecule has 1 aromatic rings. The summed E-state index contributed by atoms with van der Waals surface area (Å²) in [6.07, 6.45) is 1.46. The summed E-state index contributed by atoms with van der Waals surface area (Å²) < 4.78 is 0. The predicted molar refractivity (Wildman–Crippen MR) is 45.2 cm³/mol. The highest BCUT2D eigenvalue weighted by Gasteiger charge is 1.60. The lowest BCUT2D eigenvalue weighted by Gasteiger charge is -1.76. The molecule has 0 saturated carbocycles. The average Bonchev–Trinajstić information content (AvgIpc) is 2.10. The van der Waals surface area contributed by atoms with Crippen LogP contribution >= 0.6 is 0 Å². The lowest BCUT2D eigenvalue weighted by Crippen LogP contribution is -1.77. The summed E-state index contributed by atoms with van der Waals surface area (Å²) in [6, 6.07) is 12.0. The molecule has 0 radical (unpaired) electrons. The summed E-state index contributed by atoms with van der Waals surface area (Å²) in [7, 11) is 0. The molecule has 1 N–H and O–H groups in total. The van der Waals surface area contributed by atoms with Crippen molar-refractivity contribution in [3.8, 4) is 0 Å². The summed E-state index contributed by atoms with van der Waals surface area (Å²) in [5.74, 6) is 0. The van der Waals surface area contributed by atoms with E-state index in [1.807, 2.05) is 36.4 Å². The van der Waals surface area contributed by atoms with Gasteiger partial charge in [-0.25, -0.2) is 4.89 Å². The monoisotopic (exact) mass is 152 g/mol. The van der Waals surface area contributed by atoms with Crippen molar-refractivity contribution >= 4 is 0 Å². The Morgan fingerprint density at radius 1 is 1.09 bits per heavy atom. The molecule has 0 spiro atoms. The lowest BCUT2D eigenvalue weighted by atomic mass is 10.4. The van der Waals surface area contributed by atoms with Crippen LogP contribution in [0.2, 0.25) is 0 Å². The van der Waals surface area contributed by atoms with Crippen LogP contribution in [0.4, 0.5) is 0 Å². The fourth-order valence-electron chi connectivity index (χ4n) is 0.438. The molecule has 0 atom stereocenters. The number of hydrogen-bond donors (Lipinski definition) is 1. The summed E-state index contributed by atoms with van der Waals surface area (Å²) in [5.41, 5.74) is 0. The van der Waals surface area contributed by atoms with Crippen molar-refractivity contribution in [2.45, 2.75) is 0 Å². The van der Waals surface area contributed by atoms with Gasteiger partial charge in [-0.3, -0.25) is 5.26 Å². The first-order valence-electron chi connectivity index (χ1n) is 3.29. The standard InChI is InChI=1S/C6H6.C3H6O2/c1-2-4-6-5-3-1;1-2-3-5-4/h1-6H;2,4H,1,3H2. The minimum Gasteiger partial charge on any atom is -0.252 e. The molecule has 1 aromatic carbocycles. The van der Waals surface area contributed by atoms with Gasteiger partial charge in [-0.05, 0) is 0 Å². The Morgan fingerprint density at radius 3 is 1.55 bits per heavy atom. The quantitative estimate of drug-likeness (QED) is 0.400. The van der Waals surface area contributed by atoms with Crippen LogP contribution in [0.25, 0.3) is 0 Å². The molecule has 0 aliphatic carbocycles. The van der Waals surface area contributed by atoms with Crippen LogP contribution < -0.4 is 0 Å². The second kappa shape index (κ2) is 8.88. The second-order valence-corrected chi connectivity index (χ2v) is 1.74. The van der Waals surface area contributed by atoms with Gasteiger partial charge in [0.1, 0.15) is 0 Å². The highest BCUT2D eigenvalue weighted by Crippen LogP contribution is 1.79. The van der Waals surface area contributed by atoms with Gasteiger partial charge in [-0.15, -0.1) is 6.58 Å². The van der Waals surface area contributed by atoms with Crippen LogP contribution in [0.5, 0.6) is 0 Å². The summed E-state index contributed by atoms with van der Waals surface area (Å²) in [5, 5.41) is 7.50. The van der Waals surface area contributed by atoms with Gasteiger partial charge in [0.15, 0.2) is 0 Å². The molecule has 0 aliphatic heterocycles. The van der Waals surface area contributed by atoms with Crippen molar-refractivity contribution in [2.75, 3.05) is 6.61 Å². The molecule has 60 valence electrons. The molecular formula is C9H12O2. The topological polar surface area (TPSA) is 29.5 Å². The summed E-state index contributed by atoms with van der Waals surface area (Å²) >= 11 is 0. The molecule has 2 heteroatoms. The van der Waals surface area contributed by atoms with Gasteiger partial charge in [-0.1, -0.05) is 42.5 Å². The molecule has 0 saturated heterocycles. The van der Waals surface area contributed by atoms with E-state index in [1.165, 1.54) is 6.08 Å². The van der Waals surface area contributed by atoms with Gasteiger partial charge >= 0.3 is 0 Å². The van der Waals surface area contributed by atoms with Gasteiger partial charge in [0.05, 0.1) is 6.61 Å². The van der Waals surface area contributed by atoms with Crippen LogP contribution in [0.1, 0.15) is 0 Å². The molecule has 0 fully saturated rings. The van der Waals surface area contributed by atoms with Crippen molar-refractivity contribution in [3.05, 3.63) is 49.1 Å². The molecule has 0 bridgehead atoms. The third-order valence-corrected chi connectivity index (χ3v) is 0.859. The molecule has 0 amide bonds. The zero-order valence-corrected chi connectivity index (χ0v) is 6.31. The molecule has 11 heavy (non-hydrogen) atoms. The zero-order valence-electron chi connectivity index (χ0n) is 6.31. The second-order valence-electron chi connectivity index (χ2n) is 1.74. The van der Waals surface area contributed by atoms with E-state index >= 15 is 0 Å². The van der Waals surface area contributed by atoms with Crippen LogP contribution in [0, 0.1) is 0 Å². The minimum atomic E-state index is 0.208. The summed E-state index contributed by atoms with van der Waals surface area (Å²) in [4.78, 5) is 3.57. The van der Waals surface area contributed by atoms with Gasteiger partial charge in [-0.2, -0.15) is 0 Å². The maximum Gasteiger partial charge on any atom is 0.0998 e. The van der Waals surface area contributed by atoms with Crippen LogP contribution in [0.3, 0.4) is 0 Å². The predicted octanol–water partition coefficient (Wildman–Crippen LogP) is 2.35. The molecule has 0 unspecified atom stereocenters. The van der Waals surface area contributed by atoms with Crippen molar-refractivity contribution in [1.82, 2.24) is 0 Å². The first kappa shape index (κ1) is 9.88. The molecule has 0 aliphatic rings. The van der Waals surface area contributed by atoms with Crippen molar-refractivity contribution in [1.29, 1.82) is 0 Å². The Bertz CT molecular complexity index is 134. The van der Waals surface area contributed by atoms with E-state index in [-0.39, 0.29) is 6.61 Å². The minimum absolute atomic E-state index is 0.208. The van der Waals surface area contributed by atoms with E-state index in [9.17, 15) is 0 Å². The van der Waals surface area contributed by atoms with E-state index in [4.69, 9.17) is 5.26 Å². The normalized spacial score (nSPS) is 7.73. The fraction of sp³-hybridized carbons (Fsp3) is 0.111. The van der Waals surface area contributed by atoms with Gasteiger partial charge < -0.3 is 0 Å². The van der Waals surface area contributed by atoms with E-state index in [2.05, 4.69) is 11.5 Å². The van der Waals surface area contributed by atoms with Gasteiger partial charge in [0.25, 0.3) is 0 Å². The molecule has 2 nitrogen and oxygen atoms in total. The van der Waals surface area contributed by atoms with E-state index in [0.29, 0.717) is 0 Å². The largest absolute Gasteiger partial charge is 0.252 e. The maximum absolute atomic E-state index is 7.50. The Kier molecular flexibility index (Phi) is 7.98. The Labute approximate surface area is 66.7 Å². The zero-order chi connectivity index (χ0) is 8.36. The highest BCUT2D eigenvalue weighted by molar-refractivity contribution is 4.99. The first-order chi connectivity index (χ1) is 5.41. The number of benzene rings is 1. The summed E-state index contributed by atoms with van der Waals surface area (Å²) in [6.45, 7) is 3.47. The first-order valence-corrected chi connectivity index (χ1v) is 3.29. The van der Waals surface area contributed by atoms with Crippen LogP contribution in [-0.4, -0.2) is 11.9 Å². The maximum atomic E-state index is 7.50. The van der Waals surface area contributed by atoms with Gasteiger partial charge in [0.2, 0.25) is 0 Å².